The Hall–Kier alpha value is -2.26. The quantitative estimate of drug-likeness (QED) is 0.635. The van der Waals surface area contributed by atoms with Crippen molar-refractivity contribution in [3.05, 3.63) is 23.9 Å². The Balaban J connectivity index is 1.38. The average molecular weight is 475 g/mol. The molecule has 0 saturated carbocycles. The summed E-state index contributed by atoms with van der Waals surface area (Å²) >= 11 is 0. The Morgan fingerprint density at radius 2 is 1.94 bits per heavy atom. The van der Waals surface area contributed by atoms with E-state index in [4.69, 9.17) is 4.74 Å². The Morgan fingerprint density at radius 1 is 1.18 bits per heavy atom. The monoisotopic (exact) mass is 474 g/mol. The molecule has 2 fully saturated rings. The van der Waals surface area contributed by atoms with Crippen LogP contribution in [0.3, 0.4) is 0 Å². The minimum absolute atomic E-state index is 0.0110. The van der Waals surface area contributed by atoms with E-state index in [1.165, 1.54) is 12.7 Å². The number of nitrogens with zero attached hydrogens (tertiary/aromatic N) is 4. The number of sulfone groups is 1. The van der Waals surface area contributed by atoms with E-state index in [0.29, 0.717) is 24.6 Å². The van der Waals surface area contributed by atoms with Crippen LogP contribution in [0.4, 0.5) is 5.95 Å². The van der Waals surface area contributed by atoms with Crippen LogP contribution in [0.5, 0.6) is 0 Å². The molecule has 180 valence electrons. The molecule has 1 atom stereocenters. The van der Waals surface area contributed by atoms with Gasteiger partial charge < -0.3 is 14.5 Å². The largest absolute Gasteiger partial charge is 0.378 e. The molecule has 1 aromatic heterocycles. The van der Waals surface area contributed by atoms with Gasteiger partial charge in [-0.05, 0) is 63.6 Å². The molecule has 8 nitrogen and oxygen atoms in total. The van der Waals surface area contributed by atoms with Crippen molar-refractivity contribution < 1.29 is 17.9 Å². The van der Waals surface area contributed by atoms with E-state index in [1.54, 1.807) is 18.2 Å². The summed E-state index contributed by atoms with van der Waals surface area (Å²) in [6.07, 6.45) is 7.35. The zero-order valence-electron chi connectivity index (χ0n) is 19.8. The lowest BCUT2D eigenvalue weighted by Crippen LogP contribution is -2.42. The van der Waals surface area contributed by atoms with Crippen LogP contribution in [-0.2, 0) is 19.4 Å². The molecule has 1 unspecified atom stereocenters. The standard InChI is InChI=1S/C24H34N4O4S/c1-17-21-8-7-20(33(3,30)31)16-22(21)26-24(25-17)28-13-9-18(10-14-28)23(29)27(2)12-11-19-6-4-5-15-32-19/h7-8,16,18-19H,4-6,9-15H2,1-3H3. The second-order valence-corrected chi connectivity index (χ2v) is 11.4. The number of benzene rings is 1. The third kappa shape index (κ3) is 5.63. The molecule has 0 spiro atoms. The Labute approximate surface area is 196 Å². The number of rotatable bonds is 6. The van der Waals surface area contributed by atoms with Crippen molar-refractivity contribution in [3.63, 3.8) is 0 Å². The summed E-state index contributed by atoms with van der Waals surface area (Å²) < 4.78 is 29.7. The number of anilines is 1. The number of ether oxygens (including phenoxy) is 1. The molecule has 2 saturated heterocycles. The van der Waals surface area contributed by atoms with E-state index in [0.717, 1.165) is 56.3 Å². The van der Waals surface area contributed by atoms with Crippen LogP contribution in [-0.4, -0.2) is 74.8 Å². The lowest BCUT2D eigenvalue weighted by atomic mass is 9.95. The van der Waals surface area contributed by atoms with E-state index in [9.17, 15) is 13.2 Å². The van der Waals surface area contributed by atoms with E-state index in [-0.39, 0.29) is 22.8 Å². The fraction of sp³-hybridized carbons (Fsp3) is 0.625. The van der Waals surface area contributed by atoms with Gasteiger partial charge in [-0.3, -0.25) is 4.79 Å². The molecule has 33 heavy (non-hydrogen) atoms. The summed E-state index contributed by atoms with van der Waals surface area (Å²) in [5.41, 5.74) is 1.45. The van der Waals surface area contributed by atoms with Crippen molar-refractivity contribution in [2.45, 2.75) is 56.4 Å². The van der Waals surface area contributed by atoms with Gasteiger partial charge in [0.2, 0.25) is 11.9 Å². The maximum absolute atomic E-state index is 13.0. The van der Waals surface area contributed by atoms with Gasteiger partial charge in [0, 0.05) is 50.8 Å². The number of piperidine rings is 1. The molecule has 1 amide bonds. The van der Waals surface area contributed by atoms with Crippen LogP contribution < -0.4 is 4.90 Å². The molecule has 9 heteroatoms. The normalized spacial score (nSPS) is 20.2. The summed E-state index contributed by atoms with van der Waals surface area (Å²) in [7, 11) is -1.41. The van der Waals surface area contributed by atoms with Gasteiger partial charge >= 0.3 is 0 Å². The predicted octanol–water partition coefficient (Wildman–Crippen LogP) is 2.98. The van der Waals surface area contributed by atoms with Gasteiger partial charge in [-0.15, -0.1) is 0 Å². The first-order valence-electron chi connectivity index (χ1n) is 11.8. The van der Waals surface area contributed by atoms with Crippen molar-refractivity contribution >= 4 is 32.6 Å². The topological polar surface area (TPSA) is 92.7 Å². The highest BCUT2D eigenvalue weighted by Crippen LogP contribution is 2.26. The lowest BCUT2D eigenvalue weighted by molar-refractivity contribution is -0.135. The summed E-state index contributed by atoms with van der Waals surface area (Å²) in [5.74, 6) is 0.815. The van der Waals surface area contributed by atoms with Crippen LogP contribution in [0.2, 0.25) is 0 Å². The summed E-state index contributed by atoms with van der Waals surface area (Å²) in [5, 5.41) is 0.847. The van der Waals surface area contributed by atoms with Crippen LogP contribution >= 0.6 is 0 Å². The van der Waals surface area contributed by atoms with Crippen LogP contribution in [0.15, 0.2) is 23.1 Å². The number of carbonyl (C=O) groups is 1. The number of amides is 1. The molecule has 2 aliphatic rings. The fourth-order valence-corrected chi connectivity index (χ4v) is 5.39. The summed E-state index contributed by atoms with van der Waals surface area (Å²) in [6, 6.07) is 4.98. The highest BCUT2D eigenvalue weighted by atomic mass is 32.2. The van der Waals surface area contributed by atoms with Crippen molar-refractivity contribution in [1.29, 1.82) is 0 Å². The number of aryl methyl sites for hydroxylation is 1. The molecule has 0 aliphatic carbocycles. The van der Waals surface area contributed by atoms with Gasteiger partial charge in [-0.25, -0.2) is 18.4 Å². The number of carbonyl (C=O) groups excluding carboxylic acids is 1. The number of fused-ring (bicyclic) bond motifs is 1. The molecule has 2 aliphatic heterocycles. The number of hydrogen-bond acceptors (Lipinski definition) is 7. The van der Waals surface area contributed by atoms with Crippen LogP contribution in [0.25, 0.3) is 10.9 Å². The Bertz CT molecular complexity index is 1110. The molecule has 1 aromatic carbocycles. The first-order valence-corrected chi connectivity index (χ1v) is 13.7. The molecule has 2 aromatic rings. The van der Waals surface area contributed by atoms with E-state index in [2.05, 4.69) is 14.9 Å². The van der Waals surface area contributed by atoms with Gasteiger partial charge in [0.15, 0.2) is 9.84 Å². The van der Waals surface area contributed by atoms with Crippen molar-refractivity contribution in [3.8, 4) is 0 Å². The Morgan fingerprint density at radius 3 is 2.61 bits per heavy atom. The van der Waals surface area contributed by atoms with Crippen molar-refractivity contribution in [1.82, 2.24) is 14.9 Å². The Kier molecular flexibility index (Phi) is 7.19. The van der Waals surface area contributed by atoms with E-state index >= 15 is 0 Å². The molecular formula is C24H34N4O4S. The molecule has 4 rings (SSSR count). The van der Waals surface area contributed by atoms with Crippen LogP contribution in [0, 0.1) is 12.8 Å². The molecule has 3 heterocycles. The smallest absolute Gasteiger partial charge is 0.226 e. The second kappa shape index (κ2) is 9.93. The predicted molar refractivity (Wildman–Crippen MR) is 128 cm³/mol. The van der Waals surface area contributed by atoms with E-state index in [1.807, 2.05) is 18.9 Å². The summed E-state index contributed by atoms with van der Waals surface area (Å²) in [6.45, 7) is 4.89. The zero-order chi connectivity index (χ0) is 23.6. The SMILES string of the molecule is Cc1nc(N2CCC(C(=O)N(C)CCC3CCCCO3)CC2)nc2cc(S(C)(=O)=O)ccc12. The highest BCUT2D eigenvalue weighted by molar-refractivity contribution is 7.90. The minimum atomic E-state index is -3.31. The second-order valence-electron chi connectivity index (χ2n) is 9.36. The summed E-state index contributed by atoms with van der Waals surface area (Å²) in [4.78, 5) is 26.5. The van der Waals surface area contributed by atoms with Crippen molar-refractivity contribution in [2.75, 3.05) is 44.4 Å². The maximum atomic E-state index is 13.0. The van der Waals surface area contributed by atoms with Crippen LogP contribution in [0.1, 0.15) is 44.2 Å². The van der Waals surface area contributed by atoms with Gasteiger partial charge in [0.05, 0.1) is 22.2 Å². The maximum Gasteiger partial charge on any atom is 0.226 e. The van der Waals surface area contributed by atoms with Gasteiger partial charge in [-0.2, -0.15) is 0 Å². The highest BCUT2D eigenvalue weighted by Gasteiger charge is 2.29. The third-order valence-electron chi connectivity index (χ3n) is 6.84. The van der Waals surface area contributed by atoms with Gasteiger partial charge in [0.25, 0.3) is 0 Å². The lowest BCUT2D eigenvalue weighted by Gasteiger charge is -2.34. The van der Waals surface area contributed by atoms with Gasteiger partial charge in [0.1, 0.15) is 0 Å². The molecule has 0 N–H and O–H groups in total. The molecule has 0 bridgehead atoms. The van der Waals surface area contributed by atoms with Crippen molar-refractivity contribution in [2.24, 2.45) is 5.92 Å². The average Bonchev–Trinajstić information content (AvgIpc) is 2.82. The van der Waals surface area contributed by atoms with E-state index < -0.39 is 9.84 Å². The molecule has 0 radical (unpaired) electrons. The molecular weight excluding hydrogens is 440 g/mol. The third-order valence-corrected chi connectivity index (χ3v) is 7.95. The minimum Gasteiger partial charge on any atom is -0.378 e. The number of aromatic nitrogens is 2. The first kappa shape index (κ1) is 23.9. The first-order chi connectivity index (χ1) is 15.7. The van der Waals surface area contributed by atoms with Gasteiger partial charge in [-0.1, -0.05) is 0 Å². The number of hydrogen-bond donors (Lipinski definition) is 0. The fourth-order valence-electron chi connectivity index (χ4n) is 4.75. The zero-order valence-corrected chi connectivity index (χ0v) is 20.6.